The number of morpholine rings is 1. The minimum absolute atomic E-state index is 0.319. The number of carbonyl (C=O) groups is 1. The second-order valence-corrected chi connectivity index (χ2v) is 5.87. The Bertz CT molecular complexity index is 717. The standard InChI is InChI=1S/C15H16N6O2S/c16-14(22)12(13-1-2-17-10-20-13)9-24-11-7-18-15(19-8-11)21-3-5-23-6-4-21/h1-2,7-10H,3-6H2,(H2,16,22). The molecule has 8 nitrogen and oxygen atoms in total. The quantitative estimate of drug-likeness (QED) is 0.624. The Morgan fingerprint density at radius 2 is 2.00 bits per heavy atom. The van der Waals surface area contributed by atoms with Gasteiger partial charge in [0.15, 0.2) is 0 Å². The molecule has 3 rings (SSSR count). The molecular weight excluding hydrogens is 328 g/mol. The molecule has 0 saturated carbocycles. The lowest BCUT2D eigenvalue weighted by Gasteiger charge is -2.26. The maximum absolute atomic E-state index is 11.6. The van der Waals surface area contributed by atoms with Crippen molar-refractivity contribution in [1.82, 2.24) is 19.9 Å². The van der Waals surface area contributed by atoms with Crippen molar-refractivity contribution in [3.8, 4) is 0 Å². The smallest absolute Gasteiger partial charge is 0.251 e. The lowest BCUT2D eigenvalue weighted by atomic mass is 10.2. The van der Waals surface area contributed by atoms with E-state index in [1.165, 1.54) is 18.1 Å². The number of amides is 1. The first kappa shape index (κ1) is 16.3. The summed E-state index contributed by atoms with van der Waals surface area (Å²) in [6.45, 7) is 2.94. The predicted octanol–water partition coefficient (Wildman–Crippen LogP) is 0.722. The monoisotopic (exact) mass is 344 g/mol. The van der Waals surface area contributed by atoms with Gasteiger partial charge in [0.25, 0.3) is 5.91 Å². The average molecular weight is 344 g/mol. The van der Waals surface area contributed by atoms with Crippen molar-refractivity contribution in [1.29, 1.82) is 0 Å². The van der Waals surface area contributed by atoms with Gasteiger partial charge in [-0.25, -0.2) is 19.9 Å². The van der Waals surface area contributed by atoms with Crippen LogP contribution in [-0.2, 0) is 9.53 Å². The van der Waals surface area contributed by atoms with Crippen LogP contribution < -0.4 is 10.6 Å². The number of anilines is 1. The Morgan fingerprint density at radius 1 is 1.25 bits per heavy atom. The van der Waals surface area contributed by atoms with Crippen LogP contribution in [0.4, 0.5) is 5.95 Å². The number of carbonyl (C=O) groups excluding carboxylic acids is 1. The number of hydrogen-bond acceptors (Lipinski definition) is 8. The van der Waals surface area contributed by atoms with Crippen LogP contribution in [0, 0.1) is 0 Å². The van der Waals surface area contributed by atoms with E-state index in [2.05, 4.69) is 24.8 Å². The van der Waals surface area contributed by atoms with Gasteiger partial charge in [-0.2, -0.15) is 0 Å². The fourth-order valence-corrected chi connectivity index (χ4v) is 2.84. The molecule has 1 aliphatic rings. The molecule has 1 amide bonds. The Hall–Kier alpha value is -2.52. The lowest BCUT2D eigenvalue weighted by Crippen LogP contribution is -2.37. The van der Waals surface area contributed by atoms with Gasteiger partial charge >= 0.3 is 0 Å². The van der Waals surface area contributed by atoms with Gasteiger partial charge in [-0.3, -0.25) is 4.79 Å². The molecule has 1 saturated heterocycles. The molecule has 24 heavy (non-hydrogen) atoms. The van der Waals surface area contributed by atoms with E-state index in [-0.39, 0.29) is 0 Å². The lowest BCUT2D eigenvalue weighted by molar-refractivity contribution is -0.112. The van der Waals surface area contributed by atoms with Crippen molar-refractivity contribution in [2.24, 2.45) is 5.73 Å². The number of rotatable bonds is 5. The molecule has 2 aromatic heterocycles. The minimum atomic E-state index is -0.549. The van der Waals surface area contributed by atoms with Crippen LogP contribution in [0.15, 0.2) is 41.3 Å². The second kappa shape index (κ2) is 7.84. The van der Waals surface area contributed by atoms with Crippen LogP contribution in [0.5, 0.6) is 0 Å². The number of nitrogens with two attached hydrogens (primary N) is 1. The third-order valence-electron chi connectivity index (χ3n) is 3.34. The van der Waals surface area contributed by atoms with E-state index in [9.17, 15) is 4.79 Å². The average Bonchev–Trinajstić information content (AvgIpc) is 2.64. The van der Waals surface area contributed by atoms with E-state index in [0.717, 1.165) is 18.0 Å². The summed E-state index contributed by atoms with van der Waals surface area (Å²) in [4.78, 5) is 31.1. The zero-order valence-corrected chi connectivity index (χ0v) is 13.6. The van der Waals surface area contributed by atoms with Crippen LogP contribution in [0.25, 0.3) is 5.57 Å². The van der Waals surface area contributed by atoms with Gasteiger partial charge in [-0.1, -0.05) is 11.8 Å². The molecule has 0 atom stereocenters. The number of ether oxygens (including phenoxy) is 1. The fraction of sp³-hybridized carbons (Fsp3) is 0.267. The number of primary amides is 1. The van der Waals surface area contributed by atoms with Crippen LogP contribution in [0.2, 0.25) is 0 Å². The van der Waals surface area contributed by atoms with Crippen molar-refractivity contribution in [2.75, 3.05) is 31.2 Å². The normalized spacial score (nSPS) is 15.3. The summed E-state index contributed by atoms with van der Waals surface area (Å²) in [5.74, 6) is 0.129. The number of nitrogens with zero attached hydrogens (tertiary/aromatic N) is 5. The third kappa shape index (κ3) is 4.06. The fourth-order valence-electron chi connectivity index (χ4n) is 2.12. The molecule has 3 heterocycles. The molecule has 0 aliphatic carbocycles. The first-order chi connectivity index (χ1) is 11.7. The Morgan fingerprint density at radius 3 is 2.62 bits per heavy atom. The predicted molar refractivity (Wildman–Crippen MR) is 90.1 cm³/mol. The molecule has 0 spiro atoms. The Balaban J connectivity index is 1.71. The van der Waals surface area contributed by atoms with E-state index in [1.54, 1.807) is 30.1 Å². The largest absolute Gasteiger partial charge is 0.378 e. The van der Waals surface area contributed by atoms with Crippen LogP contribution >= 0.6 is 11.8 Å². The summed E-state index contributed by atoms with van der Waals surface area (Å²) >= 11 is 1.32. The summed E-state index contributed by atoms with van der Waals surface area (Å²) in [5.41, 5.74) is 6.23. The third-order valence-corrected chi connectivity index (χ3v) is 4.18. The first-order valence-electron chi connectivity index (χ1n) is 7.32. The van der Waals surface area contributed by atoms with Crippen molar-refractivity contribution in [3.63, 3.8) is 0 Å². The van der Waals surface area contributed by atoms with Crippen molar-refractivity contribution < 1.29 is 9.53 Å². The summed E-state index contributed by atoms with van der Waals surface area (Å²) in [5, 5.41) is 1.65. The summed E-state index contributed by atoms with van der Waals surface area (Å²) in [7, 11) is 0. The van der Waals surface area contributed by atoms with Gasteiger partial charge < -0.3 is 15.4 Å². The molecule has 0 radical (unpaired) electrons. The van der Waals surface area contributed by atoms with E-state index in [0.29, 0.717) is 30.4 Å². The number of aromatic nitrogens is 4. The summed E-state index contributed by atoms with van der Waals surface area (Å²) < 4.78 is 5.31. The van der Waals surface area contributed by atoms with Crippen molar-refractivity contribution >= 4 is 29.2 Å². The number of hydrogen-bond donors (Lipinski definition) is 1. The highest BCUT2D eigenvalue weighted by molar-refractivity contribution is 8.02. The molecular formula is C15H16N6O2S. The van der Waals surface area contributed by atoms with E-state index < -0.39 is 5.91 Å². The maximum Gasteiger partial charge on any atom is 0.251 e. The Labute approximate surface area is 143 Å². The molecule has 1 aliphatic heterocycles. The van der Waals surface area contributed by atoms with Gasteiger partial charge in [0.2, 0.25) is 5.95 Å². The van der Waals surface area contributed by atoms with Crippen LogP contribution in [0.1, 0.15) is 5.69 Å². The molecule has 9 heteroatoms. The highest BCUT2D eigenvalue weighted by atomic mass is 32.2. The van der Waals surface area contributed by atoms with Gasteiger partial charge in [0.1, 0.15) is 6.33 Å². The van der Waals surface area contributed by atoms with Gasteiger partial charge in [0.05, 0.1) is 24.5 Å². The summed E-state index contributed by atoms with van der Waals surface area (Å²) in [6.07, 6.45) is 6.37. The first-order valence-corrected chi connectivity index (χ1v) is 8.20. The van der Waals surface area contributed by atoms with Crippen LogP contribution in [-0.4, -0.2) is 52.1 Å². The zero-order chi connectivity index (χ0) is 16.8. The van der Waals surface area contributed by atoms with E-state index in [1.807, 2.05) is 0 Å². The molecule has 2 aromatic rings. The summed E-state index contributed by atoms with van der Waals surface area (Å²) in [6, 6.07) is 1.63. The molecule has 1 fully saturated rings. The molecule has 0 unspecified atom stereocenters. The zero-order valence-electron chi connectivity index (χ0n) is 12.8. The maximum atomic E-state index is 11.6. The molecule has 0 bridgehead atoms. The van der Waals surface area contributed by atoms with Crippen molar-refractivity contribution in [3.05, 3.63) is 42.1 Å². The highest BCUT2D eigenvalue weighted by Crippen LogP contribution is 2.23. The minimum Gasteiger partial charge on any atom is -0.378 e. The van der Waals surface area contributed by atoms with Gasteiger partial charge in [-0.15, -0.1) is 0 Å². The van der Waals surface area contributed by atoms with E-state index >= 15 is 0 Å². The molecule has 124 valence electrons. The van der Waals surface area contributed by atoms with Crippen LogP contribution in [0.3, 0.4) is 0 Å². The Kier molecular flexibility index (Phi) is 5.34. The molecule has 2 N–H and O–H groups in total. The van der Waals surface area contributed by atoms with Gasteiger partial charge in [-0.05, 0) is 11.5 Å². The highest BCUT2D eigenvalue weighted by Gasteiger charge is 2.14. The second-order valence-electron chi connectivity index (χ2n) is 4.93. The molecule has 0 aromatic carbocycles. The van der Waals surface area contributed by atoms with E-state index in [4.69, 9.17) is 10.5 Å². The van der Waals surface area contributed by atoms with Gasteiger partial charge in [0, 0.05) is 36.6 Å². The topological polar surface area (TPSA) is 107 Å². The SMILES string of the molecule is NC(=O)C(=CSc1cnc(N2CCOCC2)nc1)c1ccncn1. The number of thioether (sulfide) groups is 1. The van der Waals surface area contributed by atoms with Crippen molar-refractivity contribution in [2.45, 2.75) is 4.90 Å².